The van der Waals surface area contributed by atoms with Crippen molar-refractivity contribution < 1.29 is 14.7 Å². The Labute approximate surface area is 163 Å². The molecule has 1 amide bonds. The number of hydrogen-bond donors (Lipinski definition) is 3. The van der Waals surface area contributed by atoms with Crippen LogP contribution in [0.4, 0.5) is 0 Å². The van der Waals surface area contributed by atoms with E-state index in [1.165, 1.54) is 23.9 Å². The number of carbonyl (C=O) groups excluding carboxylic acids is 1. The summed E-state index contributed by atoms with van der Waals surface area (Å²) in [5, 5.41) is 21.4. The minimum absolute atomic E-state index is 0.153. The Hall–Kier alpha value is -3.46. The Morgan fingerprint density at radius 1 is 1.07 bits per heavy atom. The van der Waals surface area contributed by atoms with Crippen LogP contribution in [0.2, 0.25) is 0 Å². The molecule has 0 saturated heterocycles. The lowest BCUT2D eigenvalue weighted by Gasteiger charge is -2.05. The van der Waals surface area contributed by atoms with E-state index in [-0.39, 0.29) is 17.2 Å². The minimum Gasteiger partial charge on any atom is -0.478 e. The summed E-state index contributed by atoms with van der Waals surface area (Å²) in [6.07, 6.45) is 0. The molecule has 28 heavy (non-hydrogen) atoms. The maximum absolute atomic E-state index is 12.1. The Kier molecular flexibility index (Phi) is 4.90. The molecule has 2 aromatic heterocycles. The van der Waals surface area contributed by atoms with Gasteiger partial charge in [0.2, 0.25) is 11.1 Å². The molecule has 8 nitrogen and oxygen atoms in total. The summed E-state index contributed by atoms with van der Waals surface area (Å²) in [6.45, 7) is 0.319. The highest BCUT2D eigenvalue weighted by atomic mass is 32.2. The number of nitrogens with zero attached hydrogens (tertiary/aromatic N) is 3. The lowest BCUT2D eigenvalue weighted by molar-refractivity contribution is -0.118. The van der Waals surface area contributed by atoms with Crippen LogP contribution in [-0.2, 0) is 11.3 Å². The van der Waals surface area contributed by atoms with Crippen LogP contribution in [0.25, 0.3) is 22.1 Å². The van der Waals surface area contributed by atoms with E-state index in [4.69, 9.17) is 5.11 Å². The number of fused-ring (bicyclic) bond motifs is 3. The molecule has 0 spiro atoms. The number of carbonyl (C=O) groups is 2. The van der Waals surface area contributed by atoms with Crippen molar-refractivity contribution in [2.45, 2.75) is 11.7 Å². The Bertz CT molecular complexity index is 1170. The third-order valence-electron chi connectivity index (χ3n) is 4.13. The summed E-state index contributed by atoms with van der Waals surface area (Å²) >= 11 is 1.20. The van der Waals surface area contributed by atoms with Gasteiger partial charge in [-0.25, -0.2) is 9.78 Å². The first-order valence-electron chi connectivity index (χ1n) is 8.43. The molecule has 0 aliphatic rings. The summed E-state index contributed by atoms with van der Waals surface area (Å²) in [5.41, 5.74) is 3.31. The van der Waals surface area contributed by atoms with Gasteiger partial charge in [-0.1, -0.05) is 42.1 Å². The van der Waals surface area contributed by atoms with Crippen LogP contribution in [0.1, 0.15) is 15.9 Å². The largest absolute Gasteiger partial charge is 0.478 e. The molecule has 4 aromatic rings. The number of amides is 1. The molecule has 3 N–H and O–H groups in total. The van der Waals surface area contributed by atoms with Gasteiger partial charge in [0.05, 0.1) is 11.3 Å². The van der Waals surface area contributed by atoms with Crippen molar-refractivity contribution in [2.75, 3.05) is 5.75 Å². The van der Waals surface area contributed by atoms with Gasteiger partial charge < -0.3 is 15.4 Å². The lowest BCUT2D eigenvalue weighted by Crippen LogP contribution is -2.24. The third-order valence-corrected chi connectivity index (χ3v) is 4.96. The fraction of sp³-hybridized carbons (Fsp3) is 0.105. The number of benzene rings is 2. The maximum atomic E-state index is 12.1. The van der Waals surface area contributed by atoms with Gasteiger partial charge in [0.1, 0.15) is 5.52 Å². The van der Waals surface area contributed by atoms with Gasteiger partial charge >= 0.3 is 5.97 Å². The normalized spacial score (nSPS) is 11.0. The first-order valence-corrected chi connectivity index (χ1v) is 9.41. The summed E-state index contributed by atoms with van der Waals surface area (Å²) in [5.74, 6) is -0.999. The quantitative estimate of drug-likeness (QED) is 0.431. The van der Waals surface area contributed by atoms with E-state index in [0.29, 0.717) is 22.9 Å². The first kappa shape index (κ1) is 17.9. The number of thioether (sulfide) groups is 1. The molecule has 9 heteroatoms. The standard InChI is InChI=1S/C19H15N5O3S/c25-15(20-9-11-5-7-12(8-6-11)18(26)27)10-28-19-22-17-16(23-24-19)13-3-1-2-4-14(13)21-17/h1-8H,9-10H2,(H,20,25)(H,26,27)(H,21,22,24). The monoisotopic (exact) mass is 393 g/mol. The molecule has 0 saturated carbocycles. The smallest absolute Gasteiger partial charge is 0.335 e. The van der Waals surface area contributed by atoms with Crippen molar-refractivity contribution in [1.29, 1.82) is 0 Å². The van der Waals surface area contributed by atoms with Crippen LogP contribution in [0.3, 0.4) is 0 Å². The van der Waals surface area contributed by atoms with E-state index < -0.39 is 5.97 Å². The van der Waals surface area contributed by atoms with Crippen molar-refractivity contribution >= 4 is 45.7 Å². The van der Waals surface area contributed by atoms with Crippen LogP contribution in [0.5, 0.6) is 0 Å². The predicted molar refractivity (Wildman–Crippen MR) is 105 cm³/mol. The number of para-hydroxylation sites is 1. The first-order chi connectivity index (χ1) is 13.6. The van der Waals surface area contributed by atoms with Gasteiger partial charge in [0.25, 0.3) is 0 Å². The highest BCUT2D eigenvalue weighted by molar-refractivity contribution is 7.99. The Morgan fingerprint density at radius 2 is 1.86 bits per heavy atom. The average Bonchev–Trinajstić information content (AvgIpc) is 3.08. The fourth-order valence-electron chi connectivity index (χ4n) is 2.71. The second-order valence-corrected chi connectivity index (χ2v) is 6.97. The molecule has 0 aliphatic carbocycles. The second-order valence-electron chi connectivity index (χ2n) is 6.03. The van der Waals surface area contributed by atoms with Crippen molar-refractivity contribution in [3.63, 3.8) is 0 Å². The lowest BCUT2D eigenvalue weighted by atomic mass is 10.1. The van der Waals surface area contributed by atoms with Crippen LogP contribution >= 0.6 is 11.8 Å². The fourth-order valence-corrected chi connectivity index (χ4v) is 3.33. The molecule has 0 fully saturated rings. The van der Waals surface area contributed by atoms with Crippen LogP contribution < -0.4 is 5.32 Å². The average molecular weight is 393 g/mol. The predicted octanol–water partition coefficient (Wildman–Crippen LogP) is 2.61. The maximum Gasteiger partial charge on any atom is 0.335 e. The van der Waals surface area contributed by atoms with Gasteiger partial charge in [-0.05, 0) is 23.8 Å². The van der Waals surface area contributed by atoms with Gasteiger partial charge in [0, 0.05) is 17.4 Å². The second kappa shape index (κ2) is 7.65. The molecule has 140 valence electrons. The summed E-state index contributed by atoms with van der Waals surface area (Å²) in [4.78, 5) is 30.5. The van der Waals surface area contributed by atoms with Gasteiger partial charge in [0.15, 0.2) is 5.65 Å². The molecule has 0 bridgehead atoms. The molecular formula is C19H15N5O3S. The van der Waals surface area contributed by atoms with Crippen molar-refractivity contribution in [3.05, 3.63) is 59.7 Å². The summed E-state index contributed by atoms with van der Waals surface area (Å²) < 4.78 is 0. The number of rotatable bonds is 6. The number of carboxylic acid groups (broad SMARTS) is 1. The van der Waals surface area contributed by atoms with Crippen molar-refractivity contribution in [1.82, 2.24) is 25.5 Å². The molecule has 0 radical (unpaired) electrons. The number of carboxylic acids is 1. The van der Waals surface area contributed by atoms with Crippen molar-refractivity contribution in [2.24, 2.45) is 0 Å². The SMILES string of the molecule is O=C(CSc1nnc2c(n1)[nH]c1ccccc12)NCc1ccc(C(=O)O)cc1. The molecule has 0 atom stereocenters. The summed E-state index contributed by atoms with van der Waals surface area (Å²) in [7, 11) is 0. The zero-order valence-corrected chi connectivity index (χ0v) is 15.4. The number of aromatic nitrogens is 4. The Balaban J connectivity index is 1.35. The van der Waals surface area contributed by atoms with E-state index in [9.17, 15) is 9.59 Å². The number of hydrogen-bond acceptors (Lipinski definition) is 6. The summed E-state index contributed by atoms with van der Waals surface area (Å²) in [6, 6.07) is 14.1. The number of aromatic amines is 1. The highest BCUT2D eigenvalue weighted by Crippen LogP contribution is 2.23. The van der Waals surface area contributed by atoms with E-state index in [1.54, 1.807) is 12.1 Å². The topological polar surface area (TPSA) is 121 Å². The van der Waals surface area contributed by atoms with E-state index >= 15 is 0 Å². The van der Waals surface area contributed by atoms with Gasteiger partial charge in [-0.2, -0.15) is 0 Å². The highest BCUT2D eigenvalue weighted by Gasteiger charge is 2.11. The minimum atomic E-state index is -0.979. The van der Waals surface area contributed by atoms with Crippen LogP contribution in [-0.4, -0.2) is 42.9 Å². The molecule has 4 rings (SSSR count). The number of H-pyrrole nitrogens is 1. The van der Waals surface area contributed by atoms with E-state index in [2.05, 4.69) is 25.5 Å². The van der Waals surface area contributed by atoms with Crippen molar-refractivity contribution in [3.8, 4) is 0 Å². The zero-order valence-electron chi connectivity index (χ0n) is 14.5. The molecule has 0 aliphatic heterocycles. The van der Waals surface area contributed by atoms with E-state index in [0.717, 1.165) is 16.5 Å². The molecule has 2 heterocycles. The Morgan fingerprint density at radius 3 is 2.64 bits per heavy atom. The molecular weight excluding hydrogens is 378 g/mol. The number of nitrogens with one attached hydrogen (secondary N) is 2. The van der Waals surface area contributed by atoms with E-state index in [1.807, 2.05) is 24.3 Å². The van der Waals surface area contributed by atoms with Crippen LogP contribution in [0, 0.1) is 0 Å². The molecule has 0 unspecified atom stereocenters. The van der Waals surface area contributed by atoms with Crippen LogP contribution in [0.15, 0.2) is 53.7 Å². The number of aromatic carboxylic acids is 1. The molecule has 2 aromatic carbocycles. The third kappa shape index (κ3) is 3.79. The van der Waals surface area contributed by atoms with Gasteiger partial charge in [-0.15, -0.1) is 10.2 Å². The zero-order chi connectivity index (χ0) is 19.5. The van der Waals surface area contributed by atoms with Gasteiger partial charge in [-0.3, -0.25) is 4.79 Å².